The normalized spacial score (nSPS) is 10.9. The topological polar surface area (TPSA) is 30.1 Å². The summed E-state index contributed by atoms with van der Waals surface area (Å²) in [5, 5.41) is 2.42. The number of nitrogens with zero attached hydrogens (tertiary/aromatic N) is 3. The smallest absolute Gasteiger partial charge is 0.187 e. The Balaban J connectivity index is 1.22. The van der Waals surface area contributed by atoms with Crippen molar-refractivity contribution in [3.05, 3.63) is 187 Å². The van der Waals surface area contributed by atoms with Gasteiger partial charge >= 0.3 is 0 Å². The first-order chi connectivity index (χ1) is 24.2. The third-order valence-electron chi connectivity index (χ3n) is 9.13. The van der Waals surface area contributed by atoms with Crippen molar-refractivity contribution in [2.45, 2.75) is 6.92 Å². The Hall–Kier alpha value is -6.63. The molecule has 8 aromatic rings. The van der Waals surface area contributed by atoms with Crippen LogP contribution < -0.4 is 0 Å². The van der Waals surface area contributed by atoms with E-state index in [9.17, 15) is 0 Å². The van der Waals surface area contributed by atoms with Crippen LogP contribution in [0.1, 0.15) is 5.56 Å². The van der Waals surface area contributed by atoms with E-state index in [1.807, 2.05) is 48.5 Å². The van der Waals surface area contributed by atoms with E-state index in [1.54, 1.807) is 0 Å². The fourth-order valence-electron chi connectivity index (χ4n) is 6.58. The fraction of sp³-hybridized carbons (Fsp3) is 0.0217. The van der Waals surface area contributed by atoms with Gasteiger partial charge in [0.05, 0.1) is 18.0 Å². The second-order valence-corrected chi connectivity index (χ2v) is 12.1. The Labute approximate surface area is 286 Å². The average Bonchev–Trinajstić information content (AvgIpc) is 3.18. The largest absolute Gasteiger partial charge is 0.238 e. The molecule has 0 saturated heterocycles. The van der Waals surface area contributed by atoms with Crippen LogP contribution in [-0.2, 0) is 0 Å². The highest BCUT2D eigenvalue weighted by molar-refractivity contribution is 6.04. The summed E-state index contributed by atoms with van der Waals surface area (Å²) in [5.41, 5.74) is 13.6. The third-order valence-corrected chi connectivity index (χ3v) is 9.13. The predicted molar refractivity (Wildman–Crippen MR) is 203 cm³/mol. The highest BCUT2D eigenvalue weighted by atomic mass is 14.9. The summed E-state index contributed by atoms with van der Waals surface area (Å²) in [6, 6.07) is 58.9. The average molecular weight is 626 g/mol. The second-order valence-electron chi connectivity index (χ2n) is 12.1. The van der Waals surface area contributed by atoms with E-state index in [4.69, 9.17) is 16.5 Å². The van der Waals surface area contributed by atoms with Gasteiger partial charge in [-0.25, -0.2) is 14.8 Å². The third kappa shape index (κ3) is 5.78. The molecular formula is C46H31N3. The van der Waals surface area contributed by atoms with E-state index < -0.39 is 0 Å². The van der Waals surface area contributed by atoms with Crippen LogP contribution >= 0.6 is 0 Å². The molecule has 0 bridgehead atoms. The molecule has 3 nitrogen and oxygen atoms in total. The maximum Gasteiger partial charge on any atom is 0.187 e. The van der Waals surface area contributed by atoms with Crippen molar-refractivity contribution in [1.82, 2.24) is 9.97 Å². The number of benzene rings is 7. The van der Waals surface area contributed by atoms with Crippen LogP contribution in [-0.4, -0.2) is 9.97 Å². The number of hydrogen-bond acceptors (Lipinski definition) is 2. The van der Waals surface area contributed by atoms with Crippen LogP contribution in [0.3, 0.4) is 0 Å². The summed E-state index contributed by atoms with van der Waals surface area (Å²) in [5.74, 6) is 0.715. The fourth-order valence-corrected chi connectivity index (χ4v) is 6.58. The standard InChI is InChI=1S/C46H31N3/c1-31-44(37-12-5-3-6-13-37)48-46(39-14-7-4-8-15-39)49-45(31)38-23-19-35(20-24-38)42-30-27-34-11-9-10-16-41(34)43(42)36-21-17-32(18-22-36)33-25-28-40(47-2)29-26-33/h3-30H,1H3. The van der Waals surface area contributed by atoms with Crippen LogP contribution in [0.25, 0.3) is 82.9 Å². The van der Waals surface area contributed by atoms with E-state index in [1.165, 1.54) is 21.9 Å². The molecule has 0 fully saturated rings. The maximum atomic E-state index is 7.27. The summed E-state index contributed by atoms with van der Waals surface area (Å²) < 4.78 is 0. The van der Waals surface area contributed by atoms with Gasteiger partial charge < -0.3 is 0 Å². The summed E-state index contributed by atoms with van der Waals surface area (Å²) in [7, 11) is 0. The van der Waals surface area contributed by atoms with Gasteiger partial charge in [0.2, 0.25) is 0 Å². The highest BCUT2D eigenvalue weighted by Gasteiger charge is 2.17. The van der Waals surface area contributed by atoms with Gasteiger partial charge in [-0.2, -0.15) is 0 Å². The first-order valence-corrected chi connectivity index (χ1v) is 16.4. The Morgan fingerprint density at radius 2 is 0.918 bits per heavy atom. The summed E-state index contributed by atoms with van der Waals surface area (Å²) in [6.07, 6.45) is 0. The van der Waals surface area contributed by atoms with E-state index in [2.05, 4.69) is 133 Å². The van der Waals surface area contributed by atoms with Gasteiger partial charge in [0.15, 0.2) is 11.5 Å². The van der Waals surface area contributed by atoms with Crippen LogP contribution in [0.2, 0.25) is 0 Å². The van der Waals surface area contributed by atoms with E-state index in [-0.39, 0.29) is 0 Å². The van der Waals surface area contributed by atoms with Gasteiger partial charge in [-0.3, -0.25) is 0 Å². The molecule has 49 heavy (non-hydrogen) atoms. The molecule has 0 aliphatic rings. The van der Waals surface area contributed by atoms with Crippen molar-refractivity contribution in [2.24, 2.45) is 0 Å². The molecule has 0 radical (unpaired) electrons. The van der Waals surface area contributed by atoms with Crippen LogP contribution in [0, 0.1) is 13.5 Å². The van der Waals surface area contributed by atoms with Crippen molar-refractivity contribution in [3.8, 4) is 67.3 Å². The van der Waals surface area contributed by atoms with Gasteiger partial charge in [0.1, 0.15) is 0 Å². The molecule has 0 aliphatic carbocycles. The molecule has 8 rings (SSSR count). The van der Waals surface area contributed by atoms with Gasteiger partial charge in [0, 0.05) is 22.3 Å². The summed E-state index contributed by atoms with van der Waals surface area (Å²) in [6.45, 7) is 9.38. The zero-order valence-corrected chi connectivity index (χ0v) is 27.0. The van der Waals surface area contributed by atoms with Crippen molar-refractivity contribution in [2.75, 3.05) is 0 Å². The molecule has 0 amide bonds. The minimum absolute atomic E-state index is 0.648. The van der Waals surface area contributed by atoms with Crippen molar-refractivity contribution in [3.63, 3.8) is 0 Å². The monoisotopic (exact) mass is 625 g/mol. The Morgan fingerprint density at radius 1 is 0.429 bits per heavy atom. The first-order valence-electron chi connectivity index (χ1n) is 16.4. The van der Waals surface area contributed by atoms with Crippen LogP contribution in [0.5, 0.6) is 0 Å². The van der Waals surface area contributed by atoms with E-state index in [0.717, 1.165) is 55.9 Å². The Morgan fingerprint density at radius 3 is 1.55 bits per heavy atom. The Bertz CT molecular complexity index is 2460. The number of rotatable bonds is 6. The molecule has 0 aliphatic heterocycles. The lowest BCUT2D eigenvalue weighted by Gasteiger charge is -2.16. The minimum atomic E-state index is 0.648. The zero-order valence-electron chi connectivity index (χ0n) is 27.0. The molecule has 7 aromatic carbocycles. The van der Waals surface area contributed by atoms with E-state index in [0.29, 0.717) is 11.5 Å². The zero-order chi connectivity index (χ0) is 33.2. The molecule has 0 spiro atoms. The number of hydrogen-bond donors (Lipinski definition) is 0. The molecule has 0 saturated carbocycles. The lowest BCUT2D eigenvalue weighted by atomic mass is 9.88. The second kappa shape index (κ2) is 12.9. The number of fused-ring (bicyclic) bond motifs is 1. The lowest BCUT2D eigenvalue weighted by Crippen LogP contribution is -2.00. The predicted octanol–water partition coefficient (Wildman–Crippen LogP) is 12.5. The van der Waals surface area contributed by atoms with Gasteiger partial charge in [0.25, 0.3) is 0 Å². The molecular weight excluding hydrogens is 595 g/mol. The maximum absolute atomic E-state index is 7.27. The molecule has 0 unspecified atom stereocenters. The van der Waals surface area contributed by atoms with Crippen LogP contribution in [0.4, 0.5) is 5.69 Å². The van der Waals surface area contributed by atoms with Crippen molar-refractivity contribution < 1.29 is 0 Å². The highest BCUT2D eigenvalue weighted by Crippen LogP contribution is 2.40. The number of aromatic nitrogens is 2. The quantitative estimate of drug-likeness (QED) is 0.172. The van der Waals surface area contributed by atoms with Gasteiger partial charge in [-0.15, -0.1) is 0 Å². The lowest BCUT2D eigenvalue weighted by molar-refractivity contribution is 1.15. The molecule has 0 atom stereocenters. The van der Waals surface area contributed by atoms with Crippen LogP contribution in [0.15, 0.2) is 170 Å². The van der Waals surface area contributed by atoms with Gasteiger partial charge in [-0.1, -0.05) is 170 Å². The van der Waals surface area contributed by atoms with Gasteiger partial charge in [-0.05, 0) is 51.1 Å². The molecule has 1 aromatic heterocycles. The summed E-state index contributed by atoms with van der Waals surface area (Å²) in [4.78, 5) is 13.7. The van der Waals surface area contributed by atoms with Crippen molar-refractivity contribution in [1.29, 1.82) is 0 Å². The molecule has 1 heterocycles. The van der Waals surface area contributed by atoms with Crippen molar-refractivity contribution >= 4 is 16.5 Å². The molecule has 3 heteroatoms. The summed E-state index contributed by atoms with van der Waals surface area (Å²) >= 11 is 0. The molecule has 0 N–H and O–H groups in total. The minimum Gasteiger partial charge on any atom is -0.238 e. The first kappa shape index (κ1) is 29.8. The Kier molecular flexibility index (Phi) is 7.82. The molecule has 230 valence electrons. The van der Waals surface area contributed by atoms with E-state index >= 15 is 0 Å². The SMILES string of the molecule is [C-]#[N+]c1ccc(-c2ccc(-c3c(-c4ccc(-c5nc(-c6ccccc6)nc(-c6ccccc6)c5C)cc4)ccc4ccccc34)cc2)cc1.